The number of thiophene rings is 1. The second kappa shape index (κ2) is 6.28. The van der Waals surface area contributed by atoms with Crippen molar-refractivity contribution >= 4 is 43.1 Å². The molecule has 0 bridgehead atoms. The van der Waals surface area contributed by atoms with Gasteiger partial charge in [0.15, 0.2) is 0 Å². The second-order valence-corrected chi connectivity index (χ2v) is 7.89. The zero-order chi connectivity index (χ0) is 17.5. The average molecular weight is 371 g/mol. The van der Waals surface area contributed by atoms with Gasteiger partial charge in [-0.05, 0) is 40.5 Å². The van der Waals surface area contributed by atoms with Crippen molar-refractivity contribution in [2.45, 2.75) is 0 Å². The van der Waals surface area contributed by atoms with Gasteiger partial charge in [0.05, 0.1) is 0 Å². The van der Waals surface area contributed by atoms with Crippen molar-refractivity contribution in [3.05, 3.63) is 96.0 Å². The van der Waals surface area contributed by atoms with E-state index in [1.54, 1.807) is 11.3 Å². The van der Waals surface area contributed by atoms with Crippen LogP contribution >= 0.6 is 22.9 Å². The number of hydrogen-bond acceptors (Lipinski definition) is 1. The molecule has 0 aliphatic rings. The van der Waals surface area contributed by atoms with E-state index in [0.717, 1.165) is 5.02 Å². The third-order valence-electron chi connectivity index (χ3n) is 4.76. The number of fused-ring (bicyclic) bond motifs is 3. The largest absolute Gasteiger partial charge is 0.135 e. The Bertz CT molecular complexity index is 1240. The van der Waals surface area contributed by atoms with Crippen LogP contribution in [0.15, 0.2) is 91.0 Å². The molecule has 2 heteroatoms. The maximum Gasteiger partial charge on any atom is 0.0420 e. The van der Waals surface area contributed by atoms with E-state index >= 15 is 0 Å². The van der Waals surface area contributed by atoms with Gasteiger partial charge in [-0.2, -0.15) is 0 Å². The minimum atomic E-state index is 0.790. The fourth-order valence-corrected chi connectivity index (χ4v) is 4.94. The summed E-state index contributed by atoms with van der Waals surface area (Å²) in [5.74, 6) is 0. The molecule has 0 N–H and O–H groups in total. The summed E-state index contributed by atoms with van der Waals surface area (Å²) >= 11 is 7.97. The highest BCUT2D eigenvalue weighted by molar-refractivity contribution is 7.25. The first kappa shape index (κ1) is 15.6. The van der Waals surface area contributed by atoms with E-state index < -0.39 is 0 Å². The molecule has 0 aliphatic carbocycles. The van der Waals surface area contributed by atoms with Crippen molar-refractivity contribution in [2.24, 2.45) is 0 Å². The number of halogens is 1. The Labute approximate surface area is 161 Å². The molecule has 4 aromatic carbocycles. The summed E-state index contributed by atoms with van der Waals surface area (Å²) < 4.78 is 2.53. The molecule has 26 heavy (non-hydrogen) atoms. The van der Waals surface area contributed by atoms with Gasteiger partial charge in [-0.1, -0.05) is 84.4 Å². The molecule has 0 radical (unpaired) electrons. The maximum absolute atomic E-state index is 6.17. The highest BCUT2D eigenvalue weighted by atomic mass is 35.5. The quantitative estimate of drug-likeness (QED) is 0.295. The van der Waals surface area contributed by atoms with Crippen LogP contribution < -0.4 is 0 Å². The van der Waals surface area contributed by atoms with Gasteiger partial charge in [0.1, 0.15) is 0 Å². The van der Waals surface area contributed by atoms with Crippen molar-refractivity contribution in [3.63, 3.8) is 0 Å². The van der Waals surface area contributed by atoms with E-state index in [9.17, 15) is 0 Å². The Hall–Kier alpha value is -2.61. The molecule has 0 nitrogen and oxygen atoms in total. The van der Waals surface area contributed by atoms with Crippen LogP contribution in [0.4, 0.5) is 0 Å². The third kappa shape index (κ3) is 2.61. The molecule has 1 heterocycles. The maximum atomic E-state index is 6.17. The summed E-state index contributed by atoms with van der Waals surface area (Å²) in [5.41, 5.74) is 5.01. The first-order valence-electron chi connectivity index (χ1n) is 8.56. The molecule has 0 fully saturated rings. The number of rotatable bonds is 2. The van der Waals surface area contributed by atoms with Crippen LogP contribution in [0.3, 0.4) is 0 Å². The second-order valence-electron chi connectivity index (χ2n) is 6.37. The Balaban J connectivity index is 1.72. The van der Waals surface area contributed by atoms with Crippen LogP contribution in [-0.2, 0) is 0 Å². The summed E-state index contributed by atoms with van der Waals surface area (Å²) in [6.07, 6.45) is 0. The van der Waals surface area contributed by atoms with Crippen molar-refractivity contribution in [1.29, 1.82) is 0 Å². The highest BCUT2D eigenvalue weighted by Crippen LogP contribution is 2.39. The van der Waals surface area contributed by atoms with Crippen LogP contribution in [0, 0.1) is 0 Å². The minimum absolute atomic E-state index is 0.790. The lowest BCUT2D eigenvalue weighted by Gasteiger charge is -2.10. The molecule has 0 saturated heterocycles. The van der Waals surface area contributed by atoms with Gasteiger partial charge < -0.3 is 0 Å². The van der Waals surface area contributed by atoms with E-state index in [1.165, 1.54) is 42.4 Å². The highest BCUT2D eigenvalue weighted by Gasteiger charge is 2.10. The number of benzene rings is 4. The van der Waals surface area contributed by atoms with E-state index in [0.29, 0.717) is 0 Å². The Kier molecular flexibility index (Phi) is 3.77. The van der Waals surface area contributed by atoms with Gasteiger partial charge in [-0.15, -0.1) is 11.3 Å². The third-order valence-corrected chi connectivity index (χ3v) is 6.11. The summed E-state index contributed by atoms with van der Waals surface area (Å²) in [4.78, 5) is 0. The Morgan fingerprint density at radius 2 is 1.15 bits per heavy atom. The first-order chi connectivity index (χ1) is 12.8. The summed E-state index contributed by atoms with van der Waals surface area (Å²) in [6.45, 7) is 0. The number of hydrogen-bond donors (Lipinski definition) is 0. The van der Waals surface area contributed by atoms with Gasteiger partial charge in [0.25, 0.3) is 0 Å². The minimum Gasteiger partial charge on any atom is -0.135 e. The van der Waals surface area contributed by atoms with Crippen molar-refractivity contribution in [3.8, 4) is 22.3 Å². The van der Waals surface area contributed by atoms with Crippen LogP contribution in [0.2, 0.25) is 5.02 Å². The van der Waals surface area contributed by atoms with Crippen molar-refractivity contribution < 1.29 is 0 Å². The Morgan fingerprint density at radius 3 is 1.92 bits per heavy atom. The standard InChI is InChI=1S/C24H15ClS/c25-18-11-13-22-21-12-10-17(14-23(21)26-24(22)15-18)20-9-5-4-8-19(20)16-6-2-1-3-7-16/h1-15H. The smallest absolute Gasteiger partial charge is 0.0420 e. The zero-order valence-corrected chi connectivity index (χ0v) is 15.5. The summed E-state index contributed by atoms with van der Waals surface area (Å²) in [5, 5.41) is 3.36. The van der Waals surface area contributed by atoms with E-state index in [-0.39, 0.29) is 0 Å². The fourth-order valence-electron chi connectivity index (χ4n) is 3.52. The molecular weight excluding hydrogens is 356 g/mol. The molecule has 5 rings (SSSR count). The van der Waals surface area contributed by atoms with Gasteiger partial charge in [0.2, 0.25) is 0 Å². The van der Waals surface area contributed by atoms with E-state index in [2.05, 4.69) is 84.9 Å². The van der Waals surface area contributed by atoms with Crippen molar-refractivity contribution in [2.75, 3.05) is 0 Å². The van der Waals surface area contributed by atoms with Crippen LogP contribution in [-0.4, -0.2) is 0 Å². The van der Waals surface area contributed by atoms with Gasteiger partial charge in [0, 0.05) is 25.2 Å². The van der Waals surface area contributed by atoms with Crippen LogP contribution in [0.1, 0.15) is 0 Å². The monoisotopic (exact) mass is 370 g/mol. The van der Waals surface area contributed by atoms with Crippen LogP contribution in [0.25, 0.3) is 42.4 Å². The lowest BCUT2D eigenvalue weighted by Crippen LogP contribution is -1.84. The van der Waals surface area contributed by atoms with Gasteiger partial charge in [-0.25, -0.2) is 0 Å². The van der Waals surface area contributed by atoms with Gasteiger partial charge in [-0.3, -0.25) is 0 Å². The molecule has 5 aromatic rings. The summed E-state index contributed by atoms with van der Waals surface area (Å²) in [6, 6.07) is 32.1. The SMILES string of the molecule is Clc1ccc2c(c1)sc1cc(-c3ccccc3-c3ccccc3)ccc12. The molecule has 0 aliphatic heterocycles. The van der Waals surface area contributed by atoms with Crippen molar-refractivity contribution in [1.82, 2.24) is 0 Å². The molecular formula is C24H15ClS. The van der Waals surface area contributed by atoms with E-state index in [4.69, 9.17) is 11.6 Å². The Morgan fingerprint density at radius 1 is 0.538 bits per heavy atom. The molecule has 0 saturated carbocycles. The van der Waals surface area contributed by atoms with Gasteiger partial charge >= 0.3 is 0 Å². The predicted octanol–water partition coefficient (Wildman–Crippen LogP) is 8.04. The topological polar surface area (TPSA) is 0 Å². The molecule has 1 aromatic heterocycles. The summed E-state index contributed by atoms with van der Waals surface area (Å²) in [7, 11) is 0. The lowest BCUT2D eigenvalue weighted by molar-refractivity contribution is 1.60. The molecule has 0 unspecified atom stereocenters. The van der Waals surface area contributed by atoms with E-state index in [1.807, 2.05) is 6.07 Å². The molecule has 0 spiro atoms. The fraction of sp³-hybridized carbons (Fsp3) is 0. The predicted molar refractivity (Wildman–Crippen MR) is 115 cm³/mol. The van der Waals surface area contributed by atoms with Crippen LogP contribution in [0.5, 0.6) is 0 Å². The average Bonchev–Trinajstić information content (AvgIpc) is 3.05. The normalized spacial score (nSPS) is 11.3. The molecule has 0 atom stereocenters. The zero-order valence-electron chi connectivity index (χ0n) is 13.9. The molecule has 124 valence electrons. The lowest BCUT2D eigenvalue weighted by atomic mass is 9.94. The first-order valence-corrected chi connectivity index (χ1v) is 9.76. The molecule has 0 amide bonds.